The zero-order chi connectivity index (χ0) is 8.27. The van der Waals surface area contributed by atoms with Gasteiger partial charge in [-0.3, -0.25) is 0 Å². The van der Waals surface area contributed by atoms with E-state index in [4.69, 9.17) is 5.73 Å². The second-order valence-corrected chi connectivity index (χ2v) is 4.07. The third-order valence-corrected chi connectivity index (χ3v) is 3.40. The monoisotopic (exact) mass is 267 g/mol. The minimum atomic E-state index is 0. The number of thiophene rings is 1. The molecule has 0 fully saturated rings. The molecule has 1 heterocycles. The van der Waals surface area contributed by atoms with Gasteiger partial charge in [0, 0.05) is 15.4 Å². The van der Waals surface area contributed by atoms with Crippen LogP contribution < -0.4 is 5.73 Å². The average molecular weight is 269 g/mol. The molecule has 0 saturated heterocycles. The van der Waals surface area contributed by atoms with Crippen molar-refractivity contribution in [2.75, 3.05) is 0 Å². The average Bonchev–Trinajstić information content (AvgIpc) is 2.36. The molecule has 0 bridgehead atoms. The van der Waals surface area contributed by atoms with Crippen LogP contribution in [-0.4, -0.2) is 0 Å². The molecule has 2 N–H and O–H groups in total. The third-order valence-electron chi connectivity index (χ3n) is 1.40. The molecule has 12 heavy (non-hydrogen) atoms. The van der Waals surface area contributed by atoms with E-state index >= 15 is 0 Å². The molecule has 1 rings (SSSR count). The summed E-state index contributed by atoms with van der Waals surface area (Å²) in [7, 11) is 0. The third kappa shape index (κ3) is 2.90. The smallest absolute Gasteiger partial charge is 0.0436 e. The molecule has 0 aromatic carbocycles. The summed E-state index contributed by atoms with van der Waals surface area (Å²) in [4.78, 5) is 1.20. The van der Waals surface area contributed by atoms with Crippen LogP contribution in [0.2, 0.25) is 0 Å². The molecule has 1 nitrogen and oxygen atoms in total. The molecular weight excluding hydrogens is 258 g/mol. The second-order valence-electron chi connectivity index (χ2n) is 2.26. The molecule has 68 valence electrons. The van der Waals surface area contributed by atoms with Gasteiger partial charge in [-0.15, -0.1) is 30.3 Å². The topological polar surface area (TPSA) is 26.0 Å². The Balaban J connectivity index is 0.00000121. The summed E-state index contributed by atoms with van der Waals surface area (Å²) >= 11 is 5.11. The standard InChI is InChI=1S/C8H10BrNS.ClH/c1-2-3-7(10)8-6(9)4-5-11-8;/h2,4-5,7H,1,3,10H2;1H/t7-;/m0./s1. The Labute approximate surface area is 91.2 Å². The lowest BCUT2D eigenvalue weighted by Crippen LogP contribution is -2.07. The minimum absolute atomic E-state index is 0. The van der Waals surface area contributed by atoms with E-state index in [0.29, 0.717) is 0 Å². The van der Waals surface area contributed by atoms with Gasteiger partial charge in [0.2, 0.25) is 0 Å². The summed E-state index contributed by atoms with van der Waals surface area (Å²) < 4.78 is 1.11. The van der Waals surface area contributed by atoms with Crippen molar-refractivity contribution in [2.45, 2.75) is 12.5 Å². The molecule has 0 spiro atoms. The maximum Gasteiger partial charge on any atom is 0.0436 e. The van der Waals surface area contributed by atoms with Gasteiger partial charge < -0.3 is 5.73 Å². The first kappa shape index (κ1) is 12.2. The van der Waals surface area contributed by atoms with Crippen molar-refractivity contribution in [2.24, 2.45) is 5.73 Å². The summed E-state index contributed by atoms with van der Waals surface area (Å²) in [5.74, 6) is 0. The van der Waals surface area contributed by atoms with E-state index in [1.165, 1.54) is 4.88 Å². The molecule has 0 unspecified atom stereocenters. The molecule has 0 amide bonds. The van der Waals surface area contributed by atoms with E-state index in [9.17, 15) is 0 Å². The van der Waals surface area contributed by atoms with Crippen molar-refractivity contribution >= 4 is 39.7 Å². The first-order valence-electron chi connectivity index (χ1n) is 3.35. The van der Waals surface area contributed by atoms with E-state index < -0.39 is 0 Å². The van der Waals surface area contributed by atoms with Crippen molar-refractivity contribution in [3.8, 4) is 0 Å². The Morgan fingerprint density at radius 2 is 2.42 bits per heavy atom. The Morgan fingerprint density at radius 1 is 1.75 bits per heavy atom. The Bertz CT molecular complexity index is 249. The highest BCUT2D eigenvalue weighted by atomic mass is 79.9. The van der Waals surface area contributed by atoms with E-state index in [2.05, 4.69) is 22.5 Å². The van der Waals surface area contributed by atoms with Crippen LogP contribution in [0.5, 0.6) is 0 Å². The van der Waals surface area contributed by atoms with Crippen LogP contribution >= 0.6 is 39.7 Å². The fourth-order valence-electron chi connectivity index (χ4n) is 0.857. The van der Waals surface area contributed by atoms with Gasteiger partial charge in [-0.1, -0.05) is 6.08 Å². The van der Waals surface area contributed by atoms with Gasteiger partial charge in [-0.25, -0.2) is 0 Å². The molecule has 0 aliphatic heterocycles. The van der Waals surface area contributed by atoms with Gasteiger partial charge in [0.05, 0.1) is 0 Å². The van der Waals surface area contributed by atoms with Crippen LogP contribution in [-0.2, 0) is 0 Å². The van der Waals surface area contributed by atoms with Gasteiger partial charge in [0.25, 0.3) is 0 Å². The minimum Gasteiger partial charge on any atom is -0.323 e. The highest BCUT2D eigenvalue weighted by Crippen LogP contribution is 2.29. The van der Waals surface area contributed by atoms with E-state index in [1.807, 2.05) is 17.5 Å². The van der Waals surface area contributed by atoms with Crippen LogP contribution in [0.15, 0.2) is 28.6 Å². The number of rotatable bonds is 3. The van der Waals surface area contributed by atoms with Gasteiger partial charge in [0.15, 0.2) is 0 Å². The number of hydrogen-bond donors (Lipinski definition) is 1. The lowest BCUT2D eigenvalue weighted by Gasteiger charge is -2.05. The van der Waals surface area contributed by atoms with Crippen LogP contribution in [0.25, 0.3) is 0 Å². The van der Waals surface area contributed by atoms with Crippen molar-refractivity contribution in [1.29, 1.82) is 0 Å². The largest absolute Gasteiger partial charge is 0.323 e. The molecule has 1 aromatic heterocycles. The van der Waals surface area contributed by atoms with Crippen LogP contribution in [0.4, 0.5) is 0 Å². The Hall–Kier alpha value is 0.170. The van der Waals surface area contributed by atoms with Crippen molar-refractivity contribution in [1.82, 2.24) is 0 Å². The normalized spacial score (nSPS) is 11.8. The summed E-state index contributed by atoms with van der Waals surface area (Å²) in [5, 5.41) is 2.03. The van der Waals surface area contributed by atoms with Crippen LogP contribution in [0.1, 0.15) is 17.3 Å². The highest BCUT2D eigenvalue weighted by molar-refractivity contribution is 9.10. The molecule has 4 heteroatoms. The summed E-state index contributed by atoms with van der Waals surface area (Å²) in [6.45, 7) is 3.65. The number of hydrogen-bond acceptors (Lipinski definition) is 2. The molecule has 0 saturated carbocycles. The second kappa shape index (κ2) is 5.75. The fraction of sp³-hybridized carbons (Fsp3) is 0.250. The van der Waals surface area contributed by atoms with Gasteiger partial charge >= 0.3 is 0 Å². The molecule has 0 aliphatic rings. The van der Waals surface area contributed by atoms with Crippen LogP contribution in [0.3, 0.4) is 0 Å². The first-order chi connectivity index (χ1) is 5.25. The lowest BCUT2D eigenvalue weighted by atomic mass is 10.2. The van der Waals surface area contributed by atoms with Crippen molar-refractivity contribution < 1.29 is 0 Å². The van der Waals surface area contributed by atoms with Crippen molar-refractivity contribution in [3.63, 3.8) is 0 Å². The Morgan fingerprint density at radius 3 is 2.83 bits per heavy atom. The summed E-state index contributed by atoms with van der Waals surface area (Å²) in [5.41, 5.74) is 5.86. The molecule has 0 radical (unpaired) electrons. The Kier molecular flexibility index (Phi) is 5.84. The van der Waals surface area contributed by atoms with Crippen LogP contribution in [0, 0.1) is 0 Å². The first-order valence-corrected chi connectivity index (χ1v) is 5.02. The number of nitrogens with two attached hydrogens (primary N) is 1. The van der Waals surface area contributed by atoms with E-state index in [1.54, 1.807) is 11.3 Å². The van der Waals surface area contributed by atoms with E-state index in [0.717, 1.165) is 10.9 Å². The molecule has 0 aliphatic carbocycles. The predicted molar refractivity (Wildman–Crippen MR) is 61.0 cm³/mol. The quantitative estimate of drug-likeness (QED) is 0.834. The maximum atomic E-state index is 5.86. The zero-order valence-corrected chi connectivity index (χ0v) is 9.71. The molecular formula is C8H11BrClNS. The fourth-order valence-corrected chi connectivity index (χ4v) is 2.54. The number of halogens is 2. The SMILES string of the molecule is C=CC[C@H](N)c1sccc1Br.Cl. The van der Waals surface area contributed by atoms with E-state index in [-0.39, 0.29) is 18.4 Å². The van der Waals surface area contributed by atoms with Gasteiger partial charge in [-0.05, 0) is 33.8 Å². The molecule has 1 atom stereocenters. The summed E-state index contributed by atoms with van der Waals surface area (Å²) in [6.07, 6.45) is 2.68. The van der Waals surface area contributed by atoms with Crippen molar-refractivity contribution in [3.05, 3.63) is 33.5 Å². The lowest BCUT2D eigenvalue weighted by molar-refractivity contribution is 0.754. The highest BCUT2D eigenvalue weighted by Gasteiger charge is 2.08. The maximum absolute atomic E-state index is 5.86. The van der Waals surface area contributed by atoms with Gasteiger partial charge in [-0.2, -0.15) is 0 Å². The van der Waals surface area contributed by atoms with Gasteiger partial charge in [0.1, 0.15) is 0 Å². The summed E-state index contributed by atoms with van der Waals surface area (Å²) in [6, 6.07) is 2.12. The molecule has 1 aromatic rings. The zero-order valence-electron chi connectivity index (χ0n) is 6.50. The predicted octanol–water partition coefficient (Wildman–Crippen LogP) is 3.51.